The first-order valence-corrected chi connectivity index (χ1v) is 10.2. The summed E-state index contributed by atoms with van der Waals surface area (Å²) in [6.45, 7) is 10.1. The van der Waals surface area contributed by atoms with Crippen LogP contribution in [0, 0.1) is 6.92 Å². The van der Waals surface area contributed by atoms with Crippen LogP contribution in [0.1, 0.15) is 43.4 Å². The average Bonchev–Trinajstić information content (AvgIpc) is 2.66. The van der Waals surface area contributed by atoms with Crippen molar-refractivity contribution in [2.75, 3.05) is 27.2 Å². The number of carbonyl (C=O) groups excluding carboxylic acids is 1. The SMILES string of the molecule is Cc1cc(OC(C)C(=O)NCc2ccc(OCCN(C)C)cc2)ccc1C(C)C. The molecule has 0 heterocycles. The Morgan fingerprint density at radius 3 is 2.28 bits per heavy atom. The molecule has 0 aliphatic heterocycles. The highest BCUT2D eigenvalue weighted by molar-refractivity contribution is 5.80. The lowest BCUT2D eigenvalue weighted by molar-refractivity contribution is -0.127. The van der Waals surface area contributed by atoms with Crippen LogP contribution in [0.2, 0.25) is 0 Å². The van der Waals surface area contributed by atoms with E-state index in [0.29, 0.717) is 24.8 Å². The maximum Gasteiger partial charge on any atom is 0.261 e. The van der Waals surface area contributed by atoms with Gasteiger partial charge in [-0.15, -0.1) is 0 Å². The van der Waals surface area contributed by atoms with Gasteiger partial charge in [-0.1, -0.05) is 32.0 Å². The van der Waals surface area contributed by atoms with Crippen LogP contribution < -0.4 is 14.8 Å². The van der Waals surface area contributed by atoms with Gasteiger partial charge in [-0.05, 0) is 74.8 Å². The van der Waals surface area contributed by atoms with Gasteiger partial charge in [-0.2, -0.15) is 0 Å². The lowest BCUT2D eigenvalue weighted by Gasteiger charge is -2.17. The van der Waals surface area contributed by atoms with Gasteiger partial charge in [0.1, 0.15) is 18.1 Å². The molecule has 0 aliphatic carbocycles. The second kappa shape index (κ2) is 10.9. The zero-order valence-corrected chi connectivity index (χ0v) is 18.5. The molecule has 0 saturated heterocycles. The topological polar surface area (TPSA) is 50.8 Å². The molecule has 0 saturated carbocycles. The van der Waals surface area contributed by atoms with E-state index in [1.807, 2.05) is 50.5 Å². The fourth-order valence-corrected chi connectivity index (χ4v) is 3.01. The number of hydrogen-bond acceptors (Lipinski definition) is 4. The van der Waals surface area contributed by atoms with Gasteiger partial charge in [0, 0.05) is 13.1 Å². The molecular formula is C24H34N2O3. The van der Waals surface area contributed by atoms with Crippen molar-refractivity contribution in [2.45, 2.75) is 46.3 Å². The summed E-state index contributed by atoms with van der Waals surface area (Å²) < 4.78 is 11.5. The molecule has 5 nitrogen and oxygen atoms in total. The lowest BCUT2D eigenvalue weighted by Crippen LogP contribution is -2.35. The molecule has 0 aromatic heterocycles. The molecule has 158 valence electrons. The minimum absolute atomic E-state index is 0.137. The molecular weight excluding hydrogens is 364 g/mol. The number of rotatable bonds is 10. The van der Waals surface area contributed by atoms with E-state index in [4.69, 9.17) is 9.47 Å². The van der Waals surface area contributed by atoms with Crippen LogP contribution in [-0.4, -0.2) is 44.2 Å². The molecule has 1 atom stereocenters. The van der Waals surface area contributed by atoms with Gasteiger partial charge in [0.25, 0.3) is 5.91 Å². The number of aryl methyl sites for hydroxylation is 1. The molecule has 2 rings (SSSR count). The first-order valence-electron chi connectivity index (χ1n) is 10.2. The molecule has 0 bridgehead atoms. The van der Waals surface area contributed by atoms with Crippen molar-refractivity contribution in [1.29, 1.82) is 0 Å². The van der Waals surface area contributed by atoms with E-state index in [2.05, 4.69) is 37.1 Å². The van der Waals surface area contributed by atoms with Crippen molar-refractivity contribution in [3.8, 4) is 11.5 Å². The van der Waals surface area contributed by atoms with Crippen molar-refractivity contribution < 1.29 is 14.3 Å². The lowest BCUT2D eigenvalue weighted by atomic mass is 9.98. The maximum atomic E-state index is 12.4. The number of carbonyl (C=O) groups is 1. The predicted molar refractivity (Wildman–Crippen MR) is 118 cm³/mol. The fraction of sp³-hybridized carbons (Fsp3) is 0.458. The maximum absolute atomic E-state index is 12.4. The number of amides is 1. The Balaban J connectivity index is 1.81. The standard InChI is InChI=1S/C24H34N2O3/c1-17(2)23-12-11-22(15-18(23)3)29-19(4)24(27)25-16-20-7-9-21(10-8-20)28-14-13-26(5)6/h7-12,15,17,19H,13-14,16H2,1-6H3,(H,25,27). The van der Waals surface area contributed by atoms with Gasteiger partial charge in [-0.3, -0.25) is 4.79 Å². The number of benzene rings is 2. The predicted octanol–water partition coefficient (Wildman–Crippen LogP) is 4.14. The van der Waals surface area contributed by atoms with Crippen LogP contribution in [-0.2, 0) is 11.3 Å². The zero-order chi connectivity index (χ0) is 21.4. The van der Waals surface area contributed by atoms with Crippen molar-refractivity contribution >= 4 is 5.91 Å². The Morgan fingerprint density at radius 1 is 1.03 bits per heavy atom. The quantitative estimate of drug-likeness (QED) is 0.653. The zero-order valence-electron chi connectivity index (χ0n) is 18.5. The summed E-state index contributed by atoms with van der Waals surface area (Å²) in [5, 5.41) is 2.93. The second-order valence-corrected chi connectivity index (χ2v) is 7.95. The Morgan fingerprint density at radius 2 is 1.69 bits per heavy atom. The molecule has 1 N–H and O–H groups in total. The van der Waals surface area contributed by atoms with E-state index < -0.39 is 6.10 Å². The van der Waals surface area contributed by atoms with Crippen molar-refractivity contribution in [3.63, 3.8) is 0 Å². The van der Waals surface area contributed by atoms with E-state index >= 15 is 0 Å². The average molecular weight is 399 g/mol. The molecule has 2 aromatic rings. The van der Waals surface area contributed by atoms with Crippen LogP contribution in [0.4, 0.5) is 0 Å². The van der Waals surface area contributed by atoms with E-state index in [1.165, 1.54) is 11.1 Å². The Hall–Kier alpha value is -2.53. The fourth-order valence-electron chi connectivity index (χ4n) is 3.01. The first-order chi connectivity index (χ1) is 13.8. The molecule has 1 unspecified atom stereocenters. The summed E-state index contributed by atoms with van der Waals surface area (Å²) in [5.41, 5.74) is 3.49. The third-order valence-corrected chi connectivity index (χ3v) is 4.74. The summed E-state index contributed by atoms with van der Waals surface area (Å²) in [4.78, 5) is 14.5. The molecule has 0 fully saturated rings. The third kappa shape index (κ3) is 7.42. The Labute approximate surface area is 175 Å². The summed E-state index contributed by atoms with van der Waals surface area (Å²) in [5.74, 6) is 1.88. The van der Waals surface area contributed by atoms with Gasteiger partial charge in [0.05, 0.1) is 0 Å². The monoisotopic (exact) mass is 398 g/mol. The van der Waals surface area contributed by atoms with Crippen LogP contribution in [0.5, 0.6) is 11.5 Å². The summed E-state index contributed by atoms with van der Waals surface area (Å²) in [6, 6.07) is 13.8. The van der Waals surface area contributed by atoms with Gasteiger partial charge in [0.15, 0.2) is 6.10 Å². The van der Waals surface area contributed by atoms with Crippen LogP contribution in [0.25, 0.3) is 0 Å². The number of likely N-dealkylation sites (N-methyl/N-ethyl adjacent to an activating group) is 1. The Kier molecular flexibility index (Phi) is 8.52. The second-order valence-electron chi connectivity index (χ2n) is 7.95. The molecule has 29 heavy (non-hydrogen) atoms. The highest BCUT2D eigenvalue weighted by Gasteiger charge is 2.15. The van der Waals surface area contributed by atoms with E-state index in [0.717, 1.165) is 17.9 Å². The van der Waals surface area contributed by atoms with Gasteiger partial charge < -0.3 is 19.7 Å². The Bertz CT molecular complexity index is 785. The van der Waals surface area contributed by atoms with E-state index in [1.54, 1.807) is 6.92 Å². The van der Waals surface area contributed by atoms with Crippen molar-refractivity contribution in [3.05, 3.63) is 59.2 Å². The first kappa shape index (κ1) is 22.8. The molecule has 0 aliphatic rings. The molecule has 1 amide bonds. The van der Waals surface area contributed by atoms with E-state index in [9.17, 15) is 4.79 Å². The smallest absolute Gasteiger partial charge is 0.261 e. The number of nitrogens with zero attached hydrogens (tertiary/aromatic N) is 1. The van der Waals surface area contributed by atoms with E-state index in [-0.39, 0.29) is 5.91 Å². The highest BCUT2D eigenvalue weighted by atomic mass is 16.5. The van der Waals surface area contributed by atoms with Crippen LogP contribution in [0.15, 0.2) is 42.5 Å². The van der Waals surface area contributed by atoms with Crippen molar-refractivity contribution in [1.82, 2.24) is 10.2 Å². The summed E-state index contributed by atoms with van der Waals surface area (Å²) >= 11 is 0. The summed E-state index contributed by atoms with van der Waals surface area (Å²) in [6.07, 6.45) is -0.562. The minimum Gasteiger partial charge on any atom is -0.492 e. The minimum atomic E-state index is -0.562. The molecule has 5 heteroatoms. The van der Waals surface area contributed by atoms with Crippen molar-refractivity contribution in [2.24, 2.45) is 0 Å². The summed E-state index contributed by atoms with van der Waals surface area (Å²) in [7, 11) is 4.03. The third-order valence-electron chi connectivity index (χ3n) is 4.74. The van der Waals surface area contributed by atoms with Crippen LogP contribution >= 0.6 is 0 Å². The van der Waals surface area contributed by atoms with Gasteiger partial charge in [0.2, 0.25) is 0 Å². The van der Waals surface area contributed by atoms with Gasteiger partial charge in [-0.25, -0.2) is 0 Å². The van der Waals surface area contributed by atoms with Crippen LogP contribution in [0.3, 0.4) is 0 Å². The highest BCUT2D eigenvalue weighted by Crippen LogP contribution is 2.24. The molecule has 2 aromatic carbocycles. The molecule has 0 radical (unpaired) electrons. The van der Waals surface area contributed by atoms with Gasteiger partial charge >= 0.3 is 0 Å². The largest absolute Gasteiger partial charge is 0.492 e. The number of hydrogen-bond donors (Lipinski definition) is 1. The number of ether oxygens (including phenoxy) is 2. The number of nitrogens with one attached hydrogen (secondary N) is 1. The molecule has 0 spiro atoms. The normalized spacial score (nSPS) is 12.1.